The minimum absolute atomic E-state index is 0.128. The van der Waals surface area contributed by atoms with Crippen LogP contribution in [0.4, 0.5) is 0 Å². The summed E-state index contributed by atoms with van der Waals surface area (Å²) in [5.41, 5.74) is -0.527. The van der Waals surface area contributed by atoms with E-state index in [9.17, 15) is 9.59 Å². The molecule has 0 aromatic rings. The smallest absolute Gasteiger partial charge is 0.203 e. The molecule has 0 amide bonds. The first-order valence-corrected chi connectivity index (χ1v) is 4.39. The van der Waals surface area contributed by atoms with Gasteiger partial charge in [0.15, 0.2) is 0 Å². The second-order valence-corrected chi connectivity index (χ2v) is 4.25. The predicted octanol–water partition coefficient (Wildman–Crippen LogP) is 2.22. The number of hydrogen-bond acceptors (Lipinski definition) is 2. The van der Waals surface area contributed by atoms with Crippen LogP contribution >= 0.6 is 0 Å². The number of rotatable bonds is 3. The molecule has 0 bridgehead atoms. The Morgan fingerprint density at radius 1 is 1.25 bits per heavy atom. The summed E-state index contributed by atoms with van der Waals surface area (Å²) in [6.45, 7) is 9.03. The van der Waals surface area contributed by atoms with Crippen LogP contribution in [0.5, 0.6) is 0 Å². The molecule has 0 rings (SSSR count). The van der Waals surface area contributed by atoms with E-state index in [0.29, 0.717) is 0 Å². The molecular formula is C10H18O2. The number of hydrogen-bond donors (Lipinski definition) is 0. The summed E-state index contributed by atoms with van der Waals surface area (Å²) >= 11 is 0. The first kappa shape index (κ1) is 11.3. The number of ketones is 2. The lowest BCUT2D eigenvalue weighted by Crippen LogP contribution is -2.32. The lowest BCUT2D eigenvalue weighted by molar-refractivity contribution is -0.143. The maximum absolute atomic E-state index is 11.4. The van der Waals surface area contributed by atoms with Crippen molar-refractivity contribution in [1.82, 2.24) is 0 Å². The molecule has 0 N–H and O–H groups in total. The highest BCUT2D eigenvalue weighted by molar-refractivity contribution is 6.39. The molecule has 12 heavy (non-hydrogen) atoms. The van der Waals surface area contributed by atoms with E-state index >= 15 is 0 Å². The zero-order valence-corrected chi connectivity index (χ0v) is 8.60. The maximum Gasteiger partial charge on any atom is 0.203 e. The Morgan fingerprint density at radius 2 is 1.67 bits per heavy atom. The SMILES string of the molecule is CCC(C)C(=O)C(=O)C(C)(C)C. The lowest BCUT2D eigenvalue weighted by atomic mass is 9.84. The minimum Gasteiger partial charge on any atom is -0.291 e. The Morgan fingerprint density at radius 3 is 1.92 bits per heavy atom. The van der Waals surface area contributed by atoms with E-state index in [0.717, 1.165) is 6.42 Å². The Kier molecular flexibility index (Phi) is 3.62. The standard InChI is InChI=1S/C10H18O2/c1-6-7(2)8(11)9(12)10(3,4)5/h7H,6H2,1-5H3. The Balaban J connectivity index is 4.42. The van der Waals surface area contributed by atoms with Gasteiger partial charge in [0.1, 0.15) is 0 Å². The van der Waals surface area contributed by atoms with Crippen molar-refractivity contribution < 1.29 is 9.59 Å². The molecule has 0 spiro atoms. The van der Waals surface area contributed by atoms with Gasteiger partial charge in [0.25, 0.3) is 0 Å². The third-order valence-corrected chi connectivity index (χ3v) is 1.96. The van der Waals surface area contributed by atoms with Crippen molar-refractivity contribution in [2.75, 3.05) is 0 Å². The van der Waals surface area contributed by atoms with Gasteiger partial charge in [-0.3, -0.25) is 9.59 Å². The fraction of sp³-hybridized carbons (Fsp3) is 0.800. The molecule has 0 aliphatic rings. The summed E-state index contributed by atoms with van der Waals surface area (Å²) in [6.07, 6.45) is 0.737. The molecule has 0 saturated heterocycles. The molecule has 70 valence electrons. The predicted molar refractivity (Wildman–Crippen MR) is 48.9 cm³/mol. The molecule has 1 unspecified atom stereocenters. The van der Waals surface area contributed by atoms with Crippen LogP contribution < -0.4 is 0 Å². The molecular weight excluding hydrogens is 152 g/mol. The van der Waals surface area contributed by atoms with E-state index in [-0.39, 0.29) is 17.5 Å². The van der Waals surface area contributed by atoms with E-state index < -0.39 is 5.41 Å². The van der Waals surface area contributed by atoms with Crippen molar-refractivity contribution in [3.63, 3.8) is 0 Å². The van der Waals surface area contributed by atoms with Crippen molar-refractivity contribution in [2.45, 2.75) is 41.0 Å². The van der Waals surface area contributed by atoms with E-state index in [2.05, 4.69) is 0 Å². The Hall–Kier alpha value is -0.660. The van der Waals surface area contributed by atoms with Gasteiger partial charge in [0.05, 0.1) is 0 Å². The molecule has 0 aromatic carbocycles. The van der Waals surface area contributed by atoms with E-state index in [1.807, 2.05) is 6.92 Å². The van der Waals surface area contributed by atoms with Gasteiger partial charge in [0, 0.05) is 11.3 Å². The molecule has 0 heterocycles. The summed E-state index contributed by atoms with van der Waals surface area (Å²) in [4.78, 5) is 22.8. The lowest BCUT2D eigenvalue weighted by Gasteiger charge is -2.17. The first-order chi connectivity index (χ1) is 5.30. The molecule has 0 saturated carbocycles. The van der Waals surface area contributed by atoms with Crippen LogP contribution in [0.3, 0.4) is 0 Å². The maximum atomic E-state index is 11.4. The molecule has 1 atom stereocenters. The van der Waals surface area contributed by atoms with Gasteiger partial charge in [0.2, 0.25) is 11.6 Å². The van der Waals surface area contributed by atoms with Crippen LogP contribution in [0.25, 0.3) is 0 Å². The quantitative estimate of drug-likeness (QED) is 0.608. The van der Waals surface area contributed by atoms with Crippen LogP contribution in [-0.2, 0) is 9.59 Å². The van der Waals surface area contributed by atoms with Crippen LogP contribution in [0.15, 0.2) is 0 Å². The third kappa shape index (κ3) is 2.76. The largest absolute Gasteiger partial charge is 0.291 e. The highest BCUT2D eigenvalue weighted by atomic mass is 16.2. The van der Waals surface area contributed by atoms with Gasteiger partial charge in [-0.2, -0.15) is 0 Å². The molecule has 0 aliphatic carbocycles. The Labute approximate surface area is 74.3 Å². The van der Waals surface area contributed by atoms with E-state index in [1.165, 1.54) is 0 Å². The topological polar surface area (TPSA) is 34.1 Å². The second kappa shape index (κ2) is 3.83. The number of carbonyl (C=O) groups is 2. The van der Waals surface area contributed by atoms with Gasteiger partial charge < -0.3 is 0 Å². The fourth-order valence-electron chi connectivity index (χ4n) is 0.779. The van der Waals surface area contributed by atoms with Gasteiger partial charge in [-0.25, -0.2) is 0 Å². The number of carbonyl (C=O) groups excluding carboxylic acids is 2. The zero-order chi connectivity index (χ0) is 9.94. The second-order valence-electron chi connectivity index (χ2n) is 4.25. The average Bonchev–Trinajstić information content (AvgIpc) is 1.98. The van der Waals surface area contributed by atoms with Crippen LogP contribution in [0.1, 0.15) is 41.0 Å². The minimum atomic E-state index is -0.527. The highest BCUT2D eigenvalue weighted by Crippen LogP contribution is 2.18. The first-order valence-electron chi connectivity index (χ1n) is 4.39. The van der Waals surface area contributed by atoms with Gasteiger partial charge in [-0.05, 0) is 6.42 Å². The average molecular weight is 170 g/mol. The summed E-state index contributed by atoms with van der Waals surface area (Å²) < 4.78 is 0. The summed E-state index contributed by atoms with van der Waals surface area (Å²) in [6, 6.07) is 0. The third-order valence-electron chi connectivity index (χ3n) is 1.96. The summed E-state index contributed by atoms with van der Waals surface area (Å²) in [5, 5.41) is 0. The van der Waals surface area contributed by atoms with Crippen molar-refractivity contribution in [3.8, 4) is 0 Å². The van der Waals surface area contributed by atoms with Gasteiger partial charge in [-0.1, -0.05) is 34.6 Å². The Bertz CT molecular complexity index is 187. The molecule has 2 nitrogen and oxygen atoms in total. The van der Waals surface area contributed by atoms with Crippen molar-refractivity contribution in [3.05, 3.63) is 0 Å². The van der Waals surface area contributed by atoms with Crippen LogP contribution in [-0.4, -0.2) is 11.6 Å². The van der Waals surface area contributed by atoms with Gasteiger partial charge in [-0.15, -0.1) is 0 Å². The monoisotopic (exact) mass is 170 g/mol. The summed E-state index contributed by atoms with van der Waals surface area (Å²) in [7, 11) is 0. The van der Waals surface area contributed by atoms with Crippen molar-refractivity contribution in [2.24, 2.45) is 11.3 Å². The van der Waals surface area contributed by atoms with E-state index in [4.69, 9.17) is 0 Å². The highest BCUT2D eigenvalue weighted by Gasteiger charge is 2.30. The zero-order valence-electron chi connectivity index (χ0n) is 8.60. The van der Waals surface area contributed by atoms with Gasteiger partial charge >= 0.3 is 0 Å². The summed E-state index contributed by atoms with van der Waals surface area (Å²) in [5.74, 6) is -0.612. The van der Waals surface area contributed by atoms with Crippen molar-refractivity contribution >= 4 is 11.6 Å². The van der Waals surface area contributed by atoms with Crippen LogP contribution in [0.2, 0.25) is 0 Å². The van der Waals surface area contributed by atoms with Crippen LogP contribution in [0, 0.1) is 11.3 Å². The molecule has 2 heteroatoms. The fourth-order valence-corrected chi connectivity index (χ4v) is 0.779. The van der Waals surface area contributed by atoms with E-state index in [1.54, 1.807) is 27.7 Å². The molecule has 0 radical (unpaired) electrons. The molecule has 0 aliphatic heterocycles. The van der Waals surface area contributed by atoms with Crippen molar-refractivity contribution in [1.29, 1.82) is 0 Å². The molecule has 0 fully saturated rings. The normalized spacial score (nSPS) is 14.1. The molecule has 0 aromatic heterocycles. The number of Topliss-reactive ketones (excluding diaryl/α,β-unsaturated/α-hetero) is 2.